The molecule has 1 unspecified atom stereocenters. The van der Waals surface area contributed by atoms with Crippen LogP contribution < -0.4 is 15.2 Å². The van der Waals surface area contributed by atoms with Crippen LogP contribution in [0.1, 0.15) is 36.9 Å². The summed E-state index contributed by atoms with van der Waals surface area (Å²) in [7, 11) is 3.33. The van der Waals surface area contributed by atoms with Crippen molar-refractivity contribution in [3.05, 3.63) is 45.0 Å². The van der Waals surface area contributed by atoms with Gasteiger partial charge in [-0.05, 0) is 49.4 Å². The molecule has 0 saturated carbocycles. The highest BCUT2D eigenvalue weighted by Gasteiger charge is 2.28. The Morgan fingerprint density at radius 2 is 2.11 bits per heavy atom. The van der Waals surface area contributed by atoms with Crippen LogP contribution in [0.5, 0.6) is 5.75 Å². The molecule has 1 aliphatic rings. The summed E-state index contributed by atoms with van der Waals surface area (Å²) in [6.07, 6.45) is 4.03. The third kappa shape index (κ3) is 3.82. The van der Waals surface area contributed by atoms with Crippen LogP contribution in [0.2, 0.25) is 5.15 Å². The maximum Gasteiger partial charge on any atom is 0.294 e. The fourth-order valence-corrected chi connectivity index (χ4v) is 3.96. The van der Waals surface area contributed by atoms with Crippen molar-refractivity contribution in [2.24, 2.45) is 0 Å². The summed E-state index contributed by atoms with van der Waals surface area (Å²) in [6, 6.07) is 4.03. The predicted octanol–water partition coefficient (Wildman–Crippen LogP) is 3.90. The van der Waals surface area contributed by atoms with E-state index in [2.05, 4.69) is 11.9 Å². The number of benzene rings is 1. The van der Waals surface area contributed by atoms with Crippen molar-refractivity contribution in [3.63, 3.8) is 0 Å². The molecule has 1 atom stereocenters. The first-order valence-corrected chi connectivity index (χ1v) is 9.60. The Hall–Kier alpha value is -2.05. The van der Waals surface area contributed by atoms with Crippen LogP contribution in [0.4, 0.5) is 11.5 Å². The second kappa shape index (κ2) is 8.31. The lowest BCUT2D eigenvalue weighted by atomic mass is 10.1. The molecule has 0 amide bonds. The second-order valence-corrected chi connectivity index (χ2v) is 7.18. The summed E-state index contributed by atoms with van der Waals surface area (Å²) in [5.74, 6) is 1.21. The van der Waals surface area contributed by atoms with Crippen molar-refractivity contribution in [1.29, 1.82) is 0 Å². The number of hydrogen-bond acceptors (Lipinski definition) is 5. The number of aryl methyl sites for hydroxylation is 1. The number of anilines is 2. The Kier molecular flexibility index (Phi) is 6.07. The third-order valence-corrected chi connectivity index (χ3v) is 5.31. The molecule has 27 heavy (non-hydrogen) atoms. The molecule has 0 radical (unpaired) electrons. The lowest BCUT2D eigenvalue weighted by Crippen LogP contribution is -2.32. The molecular weight excluding hydrogens is 366 g/mol. The molecule has 3 rings (SSSR count). The van der Waals surface area contributed by atoms with E-state index in [1.54, 1.807) is 25.0 Å². The number of aromatic nitrogens is 2. The van der Waals surface area contributed by atoms with Crippen LogP contribution in [0.3, 0.4) is 0 Å². The summed E-state index contributed by atoms with van der Waals surface area (Å²) >= 11 is 6.30. The average molecular weight is 392 g/mol. The molecule has 0 N–H and O–H groups in total. The van der Waals surface area contributed by atoms with Gasteiger partial charge in [0.2, 0.25) is 5.82 Å². The topological polar surface area (TPSA) is 56.6 Å². The number of fused-ring (bicyclic) bond motifs is 1. The summed E-state index contributed by atoms with van der Waals surface area (Å²) in [5.41, 5.74) is 3.12. The van der Waals surface area contributed by atoms with Gasteiger partial charge in [0.05, 0.1) is 7.11 Å². The Labute approximate surface area is 164 Å². The minimum atomic E-state index is -0.120. The lowest BCUT2D eigenvalue weighted by Gasteiger charge is -2.24. The minimum Gasteiger partial charge on any atom is -0.497 e. The summed E-state index contributed by atoms with van der Waals surface area (Å²) in [4.78, 5) is 19.6. The standard InChI is InChI=1S/C20H26ClN3O3/c1-5-15(7-9-26-3)24-12-17(21)22-19(20(24)25)23-8-6-14-11-16(27-4)10-13(2)18(14)23/h10-12,15H,5-9H2,1-4H3. The van der Waals surface area contributed by atoms with E-state index in [4.69, 9.17) is 21.1 Å². The average Bonchev–Trinajstić information content (AvgIpc) is 3.08. The minimum absolute atomic E-state index is 0.0238. The molecule has 0 bridgehead atoms. The van der Waals surface area contributed by atoms with Crippen molar-refractivity contribution < 1.29 is 9.47 Å². The molecule has 146 valence electrons. The van der Waals surface area contributed by atoms with Gasteiger partial charge in [-0.3, -0.25) is 4.79 Å². The molecule has 0 fully saturated rings. The summed E-state index contributed by atoms with van der Waals surface area (Å²) in [5, 5.41) is 0.320. The number of methoxy groups -OCH3 is 2. The number of ether oxygens (including phenoxy) is 2. The normalized spacial score (nSPS) is 14.3. The van der Waals surface area contributed by atoms with E-state index in [1.807, 2.05) is 24.0 Å². The molecule has 2 aromatic rings. The van der Waals surface area contributed by atoms with Crippen molar-refractivity contribution in [3.8, 4) is 5.75 Å². The van der Waals surface area contributed by atoms with Crippen molar-refractivity contribution in [2.75, 3.05) is 32.3 Å². The Morgan fingerprint density at radius 1 is 1.33 bits per heavy atom. The molecule has 1 aromatic heterocycles. The van der Waals surface area contributed by atoms with Gasteiger partial charge in [0.25, 0.3) is 5.56 Å². The number of hydrogen-bond donors (Lipinski definition) is 0. The van der Waals surface area contributed by atoms with Crippen molar-refractivity contribution >= 4 is 23.1 Å². The second-order valence-electron chi connectivity index (χ2n) is 6.80. The Balaban J connectivity index is 2.06. The quantitative estimate of drug-likeness (QED) is 0.716. The van der Waals surface area contributed by atoms with E-state index in [0.29, 0.717) is 24.1 Å². The first-order chi connectivity index (χ1) is 13.0. The zero-order valence-corrected chi connectivity index (χ0v) is 17.0. The first-order valence-electron chi connectivity index (χ1n) is 9.22. The van der Waals surface area contributed by atoms with E-state index in [-0.39, 0.29) is 11.6 Å². The van der Waals surface area contributed by atoms with Crippen LogP contribution in [0.15, 0.2) is 23.1 Å². The zero-order valence-electron chi connectivity index (χ0n) is 16.3. The van der Waals surface area contributed by atoms with E-state index >= 15 is 0 Å². The lowest BCUT2D eigenvalue weighted by molar-refractivity contribution is 0.176. The highest BCUT2D eigenvalue weighted by atomic mass is 35.5. The van der Waals surface area contributed by atoms with Crippen molar-refractivity contribution in [1.82, 2.24) is 9.55 Å². The SMILES string of the molecule is CCC(CCOC)n1cc(Cl)nc(N2CCc3cc(OC)cc(C)c32)c1=O. The van der Waals surface area contributed by atoms with Crippen LogP contribution in [0.25, 0.3) is 0 Å². The van der Waals surface area contributed by atoms with Gasteiger partial charge < -0.3 is 18.9 Å². The van der Waals surface area contributed by atoms with Crippen LogP contribution >= 0.6 is 11.6 Å². The maximum absolute atomic E-state index is 13.3. The number of halogens is 1. The highest BCUT2D eigenvalue weighted by Crippen LogP contribution is 2.38. The van der Waals surface area contributed by atoms with Gasteiger partial charge in [-0.1, -0.05) is 18.5 Å². The largest absolute Gasteiger partial charge is 0.497 e. The predicted molar refractivity (Wildman–Crippen MR) is 108 cm³/mol. The molecule has 6 nitrogen and oxygen atoms in total. The maximum atomic E-state index is 13.3. The van der Waals surface area contributed by atoms with E-state index in [9.17, 15) is 4.79 Å². The van der Waals surface area contributed by atoms with Gasteiger partial charge in [0, 0.05) is 38.2 Å². The molecule has 2 heterocycles. The van der Waals surface area contributed by atoms with Crippen LogP contribution in [0, 0.1) is 6.92 Å². The fourth-order valence-electron chi connectivity index (χ4n) is 3.77. The van der Waals surface area contributed by atoms with E-state index < -0.39 is 0 Å². The fraction of sp³-hybridized carbons (Fsp3) is 0.500. The highest BCUT2D eigenvalue weighted by molar-refractivity contribution is 6.29. The van der Waals surface area contributed by atoms with Crippen LogP contribution in [-0.4, -0.2) is 36.9 Å². The monoisotopic (exact) mass is 391 g/mol. The Morgan fingerprint density at radius 3 is 2.78 bits per heavy atom. The molecule has 1 aromatic carbocycles. The molecule has 0 saturated heterocycles. The Bertz CT molecular complexity index is 882. The van der Waals surface area contributed by atoms with Gasteiger partial charge in [-0.2, -0.15) is 0 Å². The molecule has 7 heteroatoms. The third-order valence-electron chi connectivity index (χ3n) is 5.12. The van der Waals surface area contributed by atoms with E-state index in [0.717, 1.165) is 41.8 Å². The van der Waals surface area contributed by atoms with E-state index in [1.165, 1.54) is 0 Å². The molecule has 0 aliphatic carbocycles. The zero-order chi connectivity index (χ0) is 19.6. The molecular formula is C20H26ClN3O3. The molecule has 0 spiro atoms. The number of nitrogens with zero attached hydrogens (tertiary/aromatic N) is 3. The molecule has 1 aliphatic heterocycles. The van der Waals surface area contributed by atoms with Gasteiger partial charge >= 0.3 is 0 Å². The number of rotatable bonds is 7. The van der Waals surface area contributed by atoms with Gasteiger partial charge in [-0.15, -0.1) is 0 Å². The van der Waals surface area contributed by atoms with Crippen LogP contribution in [-0.2, 0) is 11.2 Å². The summed E-state index contributed by atoms with van der Waals surface area (Å²) in [6.45, 7) is 5.37. The van der Waals surface area contributed by atoms with Gasteiger partial charge in [-0.25, -0.2) is 4.98 Å². The summed E-state index contributed by atoms with van der Waals surface area (Å²) < 4.78 is 12.3. The van der Waals surface area contributed by atoms with Crippen molar-refractivity contribution in [2.45, 2.75) is 39.2 Å². The van der Waals surface area contributed by atoms with Gasteiger partial charge in [0.1, 0.15) is 10.9 Å². The van der Waals surface area contributed by atoms with Gasteiger partial charge in [0.15, 0.2) is 0 Å². The smallest absolute Gasteiger partial charge is 0.294 e. The first kappa shape index (κ1) is 19.7.